The summed E-state index contributed by atoms with van der Waals surface area (Å²) in [6, 6.07) is 7.21. The van der Waals surface area contributed by atoms with E-state index in [2.05, 4.69) is 10.6 Å². The van der Waals surface area contributed by atoms with E-state index in [1.807, 2.05) is 19.1 Å². The maximum atomic E-state index is 11.9. The number of anilines is 2. The minimum atomic E-state index is -0.121. The van der Waals surface area contributed by atoms with Crippen molar-refractivity contribution in [1.29, 1.82) is 0 Å². The molecule has 108 valence electrons. The van der Waals surface area contributed by atoms with Crippen LogP contribution in [0.15, 0.2) is 24.3 Å². The lowest BCUT2D eigenvalue weighted by Gasteiger charge is -2.12. The van der Waals surface area contributed by atoms with Crippen molar-refractivity contribution >= 4 is 23.2 Å². The quantitative estimate of drug-likeness (QED) is 0.742. The van der Waals surface area contributed by atoms with E-state index in [1.165, 1.54) is 0 Å². The highest BCUT2D eigenvalue weighted by atomic mass is 16.2. The van der Waals surface area contributed by atoms with Crippen molar-refractivity contribution < 1.29 is 9.59 Å². The fourth-order valence-electron chi connectivity index (χ4n) is 1.91. The molecule has 1 saturated carbocycles. The molecule has 0 saturated heterocycles. The Morgan fingerprint density at radius 3 is 2.55 bits per heavy atom. The Hall–Kier alpha value is -1.88. The van der Waals surface area contributed by atoms with Crippen LogP contribution in [0.4, 0.5) is 11.4 Å². The average Bonchev–Trinajstić information content (AvgIpc) is 3.23. The minimum absolute atomic E-state index is 0.0545. The van der Waals surface area contributed by atoms with Gasteiger partial charge in [0.25, 0.3) is 0 Å². The lowest BCUT2D eigenvalue weighted by Crippen LogP contribution is -2.22. The number of rotatable bonds is 6. The summed E-state index contributed by atoms with van der Waals surface area (Å²) in [6.07, 6.45) is 2.60. The smallest absolute Gasteiger partial charge is 0.227 e. The first-order valence-corrected chi connectivity index (χ1v) is 7.02. The first kappa shape index (κ1) is 14.5. The van der Waals surface area contributed by atoms with E-state index in [9.17, 15) is 9.59 Å². The SMILES string of the molecule is CC(CCN)C(=O)Nc1cccc(NC(=O)C2CC2)c1. The Morgan fingerprint density at radius 1 is 1.30 bits per heavy atom. The molecule has 0 aromatic heterocycles. The van der Waals surface area contributed by atoms with Gasteiger partial charge < -0.3 is 16.4 Å². The first-order chi connectivity index (χ1) is 9.60. The molecule has 1 aliphatic carbocycles. The van der Waals surface area contributed by atoms with Crippen molar-refractivity contribution in [3.05, 3.63) is 24.3 Å². The van der Waals surface area contributed by atoms with Crippen LogP contribution in [0.1, 0.15) is 26.2 Å². The Balaban J connectivity index is 1.94. The van der Waals surface area contributed by atoms with Gasteiger partial charge in [0.05, 0.1) is 0 Å². The second-order valence-corrected chi connectivity index (χ2v) is 5.31. The molecule has 1 aromatic rings. The predicted octanol–water partition coefficient (Wildman–Crippen LogP) is 1.96. The minimum Gasteiger partial charge on any atom is -0.330 e. The predicted molar refractivity (Wildman–Crippen MR) is 79.3 cm³/mol. The normalized spacial score (nSPS) is 15.5. The summed E-state index contributed by atoms with van der Waals surface area (Å²) >= 11 is 0. The van der Waals surface area contributed by atoms with Gasteiger partial charge in [-0.3, -0.25) is 9.59 Å². The van der Waals surface area contributed by atoms with Crippen molar-refractivity contribution in [1.82, 2.24) is 0 Å². The van der Waals surface area contributed by atoms with Gasteiger partial charge in [0.1, 0.15) is 0 Å². The fraction of sp³-hybridized carbons (Fsp3) is 0.467. The summed E-state index contributed by atoms with van der Waals surface area (Å²) in [5.74, 6) is 0.0497. The van der Waals surface area contributed by atoms with Crippen LogP contribution in [0.5, 0.6) is 0 Å². The number of nitrogens with one attached hydrogen (secondary N) is 2. The maximum Gasteiger partial charge on any atom is 0.227 e. The molecule has 0 aliphatic heterocycles. The van der Waals surface area contributed by atoms with Crippen LogP contribution in [0.3, 0.4) is 0 Å². The summed E-state index contributed by atoms with van der Waals surface area (Å²) in [6.45, 7) is 2.34. The molecule has 0 spiro atoms. The van der Waals surface area contributed by atoms with Crippen LogP contribution >= 0.6 is 0 Å². The molecule has 4 N–H and O–H groups in total. The van der Waals surface area contributed by atoms with Gasteiger partial charge in [0.15, 0.2) is 0 Å². The number of nitrogens with two attached hydrogens (primary N) is 1. The lowest BCUT2D eigenvalue weighted by atomic mass is 10.1. The second-order valence-electron chi connectivity index (χ2n) is 5.31. The zero-order valence-electron chi connectivity index (χ0n) is 11.7. The van der Waals surface area contributed by atoms with Crippen molar-refractivity contribution in [3.8, 4) is 0 Å². The third kappa shape index (κ3) is 4.06. The molecule has 2 rings (SSSR count). The topological polar surface area (TPSA) is 84.2 Å². The summed E-state index contributed by atoms with van der Waals surface area (Å²) in [5, 5.41) is 5.70. The zero-order chi connectivity index (χ0) is 14.5. The Kier molecular flexibility index (Phi) is 4.74. The van der Waals surface area contributed by atoms with Crippen LogP contribution in [0.2, 0.25) is 0 Å². The second kappa shape index (κ2) is 6.52. The van der Waals surface area contributed by atoms with Crippen LogP contribution in [0.25, 0.3) is 0 Å². The van der Waals surface area contributed by atoms with Crippen LogP contribution in [-0.4, -0.2) is 18.4 Å². The molecule has 1 aromatic carbocycles. The summed E-state index contributed by atoms with van der Waals surface area (Å²) in [5.41, 5.74) is 6.85. The van der Waals surface area contributed by atoms with Gasteiger partial charge >= 0.3 is 0 Å². The van der Waals surface area contributed by atoms with Crippen molar-refractivity contribution in [3.63, 3.8) is 0 Å². The zero-order valence-corrected chi connectivity index (χ0v) is 11.7. The number of carbonyl (C=O) groups excluding carboxylic acids is 2. The van der Waals surface area contributed by atoms with Gasteiger partial charge in [-0.2, -0.15) is 0 Å². The van der Waals surface area contributed by atoms with E-state index in [0.29, 0.717) is 24.3 Å². The molecular formula is C15H21N3O2. The molecular weight excluding hydrogens is 254 g/mol. The van der Waals surface area contributed by atoms with Gasteiger partial charge in [-0.05, 0) is 44.0 Å². The third-order valence-electron chi connectivity index (χ3n) is 3.39. The number of carbonyl (C=O) groups is 2. The third-order valence-corrected chi connectivity index (χ3v) is 3.39. The number of hydrogen-bond donors (Lipinski definition) is 3. The molecule has 0 heterocycles. The van der Waals surface area contributed by atoms with Crippen molar-refractivity contribution in [2.24, 2.45) is 17.6 Å². The Bertz CT molecular complexity index is 498. The molecule has 1 aliphatic rings. The summed E-state index contributed by atoms with van der Waals surface area (Å²) in [7, 11) is 0. The highest BCUT2D eigenvalue weighted by Crippen LogP contribution is 2.30. The Morgan fingerprint density at radius 2 is 1.95 bits per heavy atom. The molecule has 0 bridgehead atoms. The van der Waals surface area contributed by atoms with E-state index in [1.54, 1.807) is 12.1 Å². The van der Waals surface area contributed by atoms with Gasteiger partial charge in [0, 0.05) is 23.2 Å². The number of hydrogen-bond acceptors (Lipinski definition) is 3. The monoisotopic (exact) mass is 275 g/mol. The van der Waals surface area contributed by atoms with Gasteiger partial charge in [-0.15, -0.1) is 0 Å². The molecule has 1 atom stereocenters. The molecule has 5 nitrogen and oxygen atoms in total. The standard InChI is InChI=1S/C15H21N3O2/c1-10(7-8-16)14(19)17-12-3-2-4-13(9-12)18-15(20)11-5-6-11/h2-4,9-11H,5-8,16H2,1H3,(H,17,19)(H,18,20). The summed E-state index contributed by atoms with van der Waals surface area (Å²) < 4.78 is 0. The van der Waals surface area contributed by atoms with Gasteiger partial charge in [0.2, 0.25) is 11.8 Å². The van der Waals surface area contributed by atoms with Crippen molar-refractivity contribution in [2.75, 3.05) is 17.2 Å². The molecule has 2 amide bonds. The molecule has 20 heavy (non-hydrogen) atoms. The van der Waals surface area contributed by atoms with Crippen LogP contribution < -0.4 is 16.4 Å². The fourth-order valence-corrected chi connectivity index (χ4v) is 1.91. The van der Waals surface area contributed by atoms with Crippen LogP contribution in [-0.2, 0) is 9.59 Å². The highest BCUT2D eigenvalue weighted by Gasteiger charge is 2.29. The molecule has 1 unspecified atom stereocenters. The molecule has 1 fully saturated rings. The maximum absolute atomic E-state index is 11.9. The first-order valence-electron chi connectivity index (χ1n) is 7.02. The van der Waals surface area contributed by atoms with E-state index in [0.717, 1.165) is 12.8 Å². The Labute approximate surface area is 118 Å². The van der Waals surface area contributed by atoms with Crippen LogP contribution in [0, 0.1) is 11.8 Å². The highest BCUT2D eigenvalue weighted by molar-refractivity contribution is 5.96. The number of benzene rings is 1. The van der Waals surface area contributed by atoms with E-state index < -0.39 is 0 Å². The van der Waals surface area contributed by atoms with Gasteiger partial charge in [-0.1, -0.05) is 13.0 Å². The molecule has 0 radical (unpaired) electrons. The van der Waals surface area contributed by atoms with Gasteiger partial charge in [-0.25, -0.2) is 0 Å². The molecule has 5 heteroatoms. The van der Waals surface area contributed by atoms with E-state index in [-0.39, 0.29) is 23.7 Å². The summed E-state index contributed by atoms with van der Waals surface area (Å²) in [4.78, 5) is 23.6. The van der Waals surface area contributed by atoms with E-state index >= 15 is 0 Å². The van der Waals surface area contributed by atoms with E-state index in [4.69, 9.17) is 5.73 Å². The largest absolute Gasteiger partial charge is 0.330 e. The number of amides is 2. The lowest BCUT2D eigenvalue weighted by molar-refractivity contribution is -0.119. The van der Waals surface area contributed by atoms with Crippen molar-refractivity contribution in [2.45, 2.75) is 26.2 Å². The average molecular weight is 275 g/mol.